The van der Waals surface area contributed by atoms with Gasteiger partial charge in [-0.3, -0.25) is 0 Å². The van der Waals surface area contributed by atoms with Crippen molar-refractivity contribution in [3.8, 4) is 17.1 Å². The van der Waals surface area contributed by atoms with Gasteiger partial charge in [0.25, 0.3) is 0 Å². The Labute approximate surface area is 106 Å². The smallest absolute Gasteiger partial charge is 0.182 e. The number of ether oxygens (including phenoxy) is 1. The van der Waals surface area contributed by atoms with Gasteiger partial charge in [-0.25, -0.2) is 4.68 Å². The molecule has 0 bridgehead atoms. The quantitative estimate of drug-likeness (QED) is 0.835. The van der Waals surface area contributed by atoms with Gasteiger partial charge in [0.2, 0.25) is 0 Å². The van der Waals surface area contributed by atoms with Crippen LogP contribution in [0.5, 0.6) is 5.75 Å². The molecule has 0 saturated heterocycles. The minimum atomic E-state index is 0.238. The van der Waals surface area contributed by atoms with E-state index < -0.39 is 0 Å². The second-order valence-electron chi connectivity index (χ2n) is 4.20. The molecule has 1 aromatic heterocycles. The number of methoxy groups -OCH3 is 1. The van der Waals surface area contributed by atoms with E-state index in [1.807, 2.05) is 12.1 Å². The molecule has 1 unspecified atom stereocenters. The van der Waals surface area contributed by atoms with Crippen LogP contribution in [0.2, 0.25) is 0 Å². The Morgan fingerprint density at radius 3 is 2.83 bits per heavy atom. The second-order valence-corrected chi connectivity index (χ2v) is 4.20. The monoisotopic (exact) mass is 247 g/mol. The summed E-state index contributed by atoms with van der Waals surface area (Å²) in [6.45, 7) is 4.17. The second kappa shape index (κ2) is 5.03. The zero-order chi connectivity index (χ0) is 13.1. The molecule has 18 heavy (non-hydrogen) atoms. The van der Waals surface area contributed by atoms with E-state index in [1.54, 1.807) is 17.9 Å². The molecule has 0 spiro atoms. The zero-order valence-corrected chi connectivity index (χ0v) is 10.8. The lowest BCUT2D eigenvalue weighted by Crippen LogP contribution is -2.08. The standard InChI is InChI=1S/C12H17N5O/c1-4-8(2)17-12(14-15-16-17)9-5-10(13)7-11(6-9)18-3/h5-8H,4,13H2,1-3H3. The summed E-state index contributed by atoms with van der Waals surface area (Å²) in [5.41, 5.74) is 7.33. The van der Waals surface area contributed by atoms with Crippen molar-refractivity contribution in [2.75, 3.05) is 12.8 Å². The minimum Gasteiger partial charge on any atom is -0.497 e. The Balaban J connectivity index is 2.48. The van der Waals surface area contributed by atoms with Gasteiger partial charge in [-0.05, 0) is 35.9 Å². The first kappa shape index (κ1) is 12.3. The lowest BCUT2D eigenvalue weighted by atomic mass is 10.1. The fourth-order valence-electron chi connectivity index (χ4n) is 1.72. The number of tetrazole rings is 1. The van der Waals surface area contributed by atoms with Crippen LogP contribution in [0, 0.1) is 0 Å². The third-order valence-corrected chi connectivity index (χ3v) is 2.92. The molecule has 6 nitrogen and oxygen atoms in total. The highest BCUT2D eigenvalue weighted by Crippen LogP contribution is 2.27. The molecular formula is C12H17N5O. The highest BCUT2D eigenvalue weighted by Gasteiger charge is 2.14. The number of nitrogens with two attached hydrogens (primary N) is 1. The van der Waals surface area contributed by atoms with E-state index in [2.05, 4.69) is 29.4 Å². The van der Waals surface area contributed by atoms with Crippen LogP contribution in [-0.2, 0) is 0 Å². The number of rotatable bonds is 4. The average molecular weight is 247 g/mol. The lowest BCUT2D eigenvalue weighted by molar-refractivity contribution is 0.415. The van der Waals surface area contributed by atoms with Crippen molar-refractivity contribution in [1.82, 2.24) is 20.2 Å². The Morgan fingerprint density at radius 1 is 1.39 bits per heavy atom. The maximum absolute atomic E-state index is 5.84. The number of hydrogen-bond acceptors (Lipinski definition) is 5. The van der Waals surface area contributed by atoms with E-state index in [0.717, 1.165) is 12.0 Å². The summed E-state index contributed by atoms with van der Waals surface area (Å²) in [6.07, 6.45) is 0.956. The van der Waals surface area contributed by atoms with Crippen LogP contribution in [0.15, 0.2) is 18.2 Å². The predicted molar refractivity (Wildman–Crippen MR) is 69.2 cm³/mol. The Kier molecular flexibility index (Phi) is 3.45. The van der Waals surface area contributed by atoms with Crippen LogP contribution in [0.4, 0.5) is 5.69 Å². The number of nitrogens with zero attached hydrogens (tertiary/aromatic N) is 4. The van der Waals surface area contributed by atoms with E-state index in [4.69, 9.17) is 10.5 Å². The summed E-state index contributed by atoms with van der Waals surface area (Å²) < 4.78 is 7.00. The number of nitrogen functional groups attached to an aromatic ring is 1. The first-order valence-corrected chi connectivity index (χ1v) is 5.88. The fourth-order valence-corrected chi connectivity index (χ4v) is 1.72. The predicted octanol–water partition coefficient (Wildman–Crippen LogP) is 1.90. The van der Waals surface area contributed by atoms with Crippen molar-refractivity contribution in [1.29, 1.82) is 0 Å². The highest BCUT2D eigenvalue weighted by atomic mass is 16.5. The molecule has 0 fully saturated rings. The molecule has 2 N–H and O–H groups in total. The third-order valence-electron chi connectivity index (χ3n) is 2.92. The number of benzene rings is 1. The van der Waals surface area contributed by atoms with Gasteiger partial charge in [-0.1, -0.05) is 6.92 Å². The Hall–Kier alpha value is -2.11. The molecule has 1 atom stereocenters. The van der Waals surface area contributed by atoms with Crippen molar-refractivity contribution in [3.63, 3.8) is 0 Å². The first-order valence-electron chi connectivity index (χ1n) is 5.88. The van der Waals surface area contributed by atoms with E-state index >= 15 is 0 Å². The molecular weight excluding hydrogens is 230 g/mol. The average Bonchev–Trinajstić information content (AvgIpc) is 2.86. The van der Waals surface area contributed by atoms with E-state index in [0.29, 0.717) is 17.3 Å². The minimum absolute atomic E-state index is 0.238. The number of anilines is 1. The number of hydrogen-bond donors (Lipinski definition) is 1. The normalized spacial score (nSPS) is 12.4. The summed E-state index contributed by atoms with van der Waals surface area (Å²) in [5, 5.41) is 11.8. The van der Waals surface area contributed by atoms with Crippen LogP contribution in [0.25, 0.3) is 11.4 Å². The summed E-state index contributed by atoms with van der Waals surface area (Å²) in [6, 6.07) is 5.72. The van der Waals surface area contributed by atoms with Crippen LogP contribution >= 0.6 is 0 Å². The van der Waals surface area contributed by atoms with Gasteiger partial charge in [-0.15, -0.1) is 5.10 Å². The van der Waals surface area contributed by atoms with Gasteiger partial charge in [0.15, 0.2) is 5.82 Å². The van der Waals surface area contributed by atoms with Crippen LogP contribution in [-0.4, -0.2) is 27.3 Å². The fraction of sp³-hybridized carbons (Fsp3) is 0.417. The van der Waals surface area contributed by atoms with Crippen LogP contribution in [0.1, 0.15) is 26.3 Å². The SMILES string of the molecule is CCC(C)n1nnnc1-c1cc(N)cc(OC)c1. The van der Waals surface area contributed by atoms with Gasteiger partial charge in [0.1, 0.15) is 5.75 Å². The van der Waals surface area contributed by atoms with Crippen molar-refractivity contribution in [2.45, 2.75) is 26.3 Å². The van der Waals surface area contributed by atoms with Gasteiger partial charge in [0, 0.05) is 17.3 Å². The van der Waals surface area contributed by atoms with Crippen molar-refractivity contribution < 1.29 is 4.74 Å². The lowest BCUT2D eigenvalue weighted by Gasteiger charge is -2.11. The summed E-state index contributed by atoms with van der Waals surface area (Å²) in [5.74, 6) is 1.40. The molecule has 96 valence electrons. The molecule has 0 aliphatic carbocycles. The van der Waals surface area contributed by atoms with E-state index in [9.17, 15) is 0 Å². The van der Waals surface area contributed by atoms with Crippen LogP contribution < -0.4 is 10.5 Å². The van der Waals surface area contributed by atoms with Crippen LogP contribution in [0.3, 0.4) is 0 Å². The Morgan fingerprint density at radius 2 is 2.17 bits per heavy atom. The van der Waals surface area contributed by atoms with Crippen molar-refractivity contribution in [3.05, 3.63) is 18.2 Å². The zero-order valence-electron chi connectivity index (χ0n) is 10.8. The molecule has 1 heterocycles. The maximum Gasteiger partial charge on any atom is 0.182 e. The largest absolute Gasteiger partial charge is 0.497 e. The summed E-state index contributed by atoms with van der Waals surface area (Å²) >= 11 is 0. The van der Waals surface area contributed by atoms with E-state index in [-0.39, 0.29) is 6.04 Å². The van der Waals surface area contributed by atoms with Crippen molar-refractivity contribution >= 4 is 5.69 Å². The first-order chi connectivity index (χ1) is 8.65. The van der Waals surface area contributed by atoms with Gasteiger partial charge in [-0.2, -0.15) is 0 Å². The molecule has 0 radical (unpaired) electrons. The van der Waals surface area contributed by atoms with E-state index in [1.165, 1.54) is 0 Å². The van der Waals surface area contributed by atoms with Crippen molar-refractivity contribution in [2.24, 2.45) is 0 Å². The molecule has 0 aliphatic rings. The van der Waals surface area contributed by atoms with Gasteiger partial charge in [0.05, 0.1) is 13.2 Å². The van der Waals surface area contributed by atoms with Gasteiger partial charge >= 0.3 is 0 Å². The molecule has 0 amide bonds. The molecule has 0 saturated carbocycles. The molecule has 2 rings (SSSR count). The molecule has 2 aromatic rings. The Bertz CT molecular complexity index is 537. The number of aromatic nitrogens is 4. The molecule has 1 aromatic carbocycles. The topological polar surface area (TPSA) is 78.9 Å². The maximum atomic E-state index is 5.84. The van der Waals surface area contributed by atoms with Gasteiger partial charge < -0.3 is 10.5 Å². The highest BCUT2D eigenvalue weighted by molar-refractivity contribution is 5.64. The third kappa shape index (κ3) is 2.27. The summed E-state index contributed by atoms with van der Waals surface area (Å²) in [7, 11) is 1.61. The summed E-state index contributed by atoms with van der Waals surface area (Å²) in [4.78, 5) is 0. The molecule has 6 heteroatoms. The molecule has 0 aliphatic heterocycles.